The maximum Gasteiger partial charge on any atom is -0.00334 e. The van der Waals surface area contributed by atoms with E-state index in [1.54, 1.807) is 0 Å². The molecule has 1 rings (SSSR count). The lowest BCUT2D eigenvalue weighted by Crippen LogP contribution is -1.91. The number of benzene rings is 1. The van der Waals surface area contributed by atoms with Crippen LogP contribution < -0.4 is 0 Å². The van der Waals surface area contributed by atoms with Gasteiger partial charge in [-0.05, 0) is 5.92 Å². The van der Waals surface area contributed by atoms with Gasteiger partial charge in [0, 0.05) is 0 Å². The first-order valence-corrected chi connectivity index (χ1v) is 4.32. The van der Waals surface area contributed by atoms with Crippen molar-refractivity contribution in [2.24, 2.45) is 0 Å². The minimum atomic E-state index is 1.33. The van der Waals surface area contributed by atoms with E-state index in [2.05, 4.69) is 52.0 Å². The van der Waals surface area contributed by atoms with Crippen LogP contribution in [0.4, 0.5) is 0 Å². The first-order valence-electron chi connectivity index (χ1n) is 4.32. The summed E-state index contributed by atoms with van der Waals surface area (Å²) >= 11 is 0. The molecule has 0 saturated heterocycles. The van der Waals surface area contributed by atoms with Crippen LogP contribution in [0.5, 0.6) is 0 Å². The molecule has 1 aromatic carbocycles. The molecule has 12 heavy (non-hydrogen) atoms. The molecule has 0 saturated carbocycles. The minimum absolute atomic E-state index is 1.33. The summed E-state index contributed by atoms with van der Waals surface area (Å²) in [5.74, 6) is 2.74. The van der Waals surface area contributed by atoms with E-state index in [1.807, 2.05) is 0 Å². The van der Waals surface area contributed by atoms with E-state index in [9.17, 15) is 0 Å². The lowest BCUT2D eigenvalue weighted by atomic mass is 9.97. The van der Waals surface area contributed by atoms with Crippen molar-refractivity contribution < 1.29 is 0 Å². The summed E-state index contributed by atoms with van der Waals surface area (Å²) in [6.45, 7) is 8.55. The third kappa shape index (κ3) is 2.04. The zero-order valence-electron chi connectivity index (χ0n) is 8.31. The molecule has 1 radical (unpaired) electrons. The van der Waals surface area contributed by atoms with E-state index in [0.717, 1.165) is 0 Å². The monoisotopic (exact) mass is 160 g/mol. The van der Waals surface area contributed by atoms with Crippen LogP contribution >= 0.6 is 0 Å². The SMILES string of the molecule is C[C](C)c1ccc([C-](C)C)cc1. The molecule has 0 aliphatic heterocycles. The summed E-state index contributed by atoms with van der Waals surface area (Å²) in [5.41, 5.74) is 2.67. The molecule has 0 heteroatoms. The smallest absolute Gasteiger partial charge is 0.00334 e. The van der Waals surface area contributed by atoms with Crippen molar-refractivity contribution in [1.82, 2.24) is 0 Å². The first kappa shape index (κ1) is 9.18. The van der Waals surface area contributed by atoms with Crippen molar-refractivity contribution in [3.63, 3.8) is 0 Å². The highest BCUT2D eigenvalue weighted by atomic mass is 14.1. The van der Waals surface area contributed by atoms with E-state index in [1.165, 1.54) is 23.0 Å². The maximum atomic E-state index is 2.18. The highest BCUT2D eigenvalue weighted by Gasteiger charge is 1.95. The van der Waals surface area contributed by atoms with Gasteiger partial charge in [-0.1, -0.05) is 33.3 Å². The van der Waals surface area contributed by atoms with Gasteiger partial charge in [-0.3, -0.25) is 0 Å². The van der Waals surface area contributed by atoms with Crippen LogP contribution in [0.15, 0.2) is 24.3 Å². The Morgan fingerprint density at radius 1 is 1.00 bits per heavy atom. The van der Waals surface area contributed by atoms with E-state index in [0.29, 0.717) is 0 Å². The molecule has 0 unspecified atom stereocenters. The molecule has 0 spiro atoms. The quantitative estimate of drug-likeness (QED) is 0.580. The molecular formula is C12H16-. The van der Waals surface area contributed by atoms with Gasteiger partial charge in [0.1, 0.15) is 0 Å². The highest BCUT2D eigenvalue weighted by molar-refractivity contribution is 5.36. The predicted molar refractivity (Wildman–Crippen MR) is 53.8 cm³/mol. The number of hydrogen-bond acceptors (Lipinski definition) is 0. The molecule has 0 heterocycles. The van der Waals surface area contributed by atoms with E-state index >= 15 is 0 Å². The van der Waals surface area contributed by atoms with Gasteiger partial charge in [-0.15, -0.1) is 12.1 Å². The van der Waals surface area contributed by atoms with Crippen LogP contribution in [0, 0.1) is 11.8 Å². The fraction of sp³-hybridized carbons (Fsp3) is 0.333. The molecule has 1 aromatic rings. The lowest BCUT2D eigenvalue weighted by Gasteiger charge is -2.16. The maximum absolute atomic E-state index is 2.18. The first-order chi connectivity index (χ1) is 5.61. The van der Waals surface area contributed by atoms with Crippen molar-refractivity contribution in [2.75, 3.05) is 0 Å². The van der Waals surface area contributed by atoms with Crippen molar-refractivity contribution >= 4 is 0 Å². The Kier molecular flexibility index (Phi) is 2.80. The van der Waals surface area contributed by atoms with E-state index < -0.39 is 0 Å². The molecular weight excluding hydrogens is 144 g/mol. The van der Waals surface area contributed by atoms with Crippen LogP contribution in [-0.4, -0.2) is 0 Å². The van der Waals surface area contributed by atoms with E-state index in [4.69, 9.17) is 0 Å². The third-order valence-corrected chi connectivity index (χ3v) is 2.04. The van der Waals surface area contributed by atoms with Crippen LogP contribution in [0.3, 0.4) is 0 Å². The molecule has 0 aliphatic rings. The number of rotatable bonds is 2. The van der Waals surface area contributed by atoms with Crippen molar-refractivity contribution in [3.05, 3.63) is 47.2 Å². The molecule has 0 fully saturated rings. The Balaban J connectivity index is 2.86. The van der Waals surface area contributed by atoms with Gasteiger partial charge in [-0.2, -0.15) is 23.6 Å². The molecule has 0 atom stereocenters. The Labute approximate surface area is 75.6 Å². The Morgan fingerprint density at radius 2 is 1.50 bits per heavy atom. The molecule has 0 aliphatic carbocycles. The van der Waals surface area contributed by atoms with Crippen LogP contribution in [0.25, 0.3) is 0 Å². The Bertz CT molecular complexity index is 202. The Morgan fingerprint density at radius 3 is 1.83 bits per heavy atom. The molecule has 0 nitrogen and oxygen atoms in total. The molecule has 0 N–H and O–H groups in total. The van der Waals surface area contributed by atoms with Crippen molar-refractivity contribution in [2.45, 2.75) is 27.7 Å². The van der Waals surface area contributed by atoms with Crippen LogP contribution in [0.1, 0.15) is 38.8 Å². The molecule has 0 bridgehead atoms. The fourth-order valence-electron chi connectivity index (χ4n) is 1.14. The minimum Gasteiger partial charge on any atom is -0.189 e. The second kappa shape index (κ2) is 3.66. The van der Waals surface area contributed by atoms with Gasteiger partial charge in [0.25, 0.3) is 0 Å². The van der Waals surface area contributed by atoms with Gasteiger partial charge >= 0.3 is 0 Å². The molecule has 0 amide bonds. The average molecular weight is 160 g/mol. The summed E-state index contributed by atoms with van der Waals surface area (Å²) in [5, 5.41) is 0. The summed E-state index contributed by atoms with van der Waals surface area (Å²) in [7, 11) is 0. The normalized spacial score (nSPS) is 10.4. The van der Waals surface area contributed by atoms with Gasteiger partial charge < -0.3 is 0 Å². The predicted octanol–water partition coefficient (Wildman–Crippen LogP) is 3.61. The summed E-state index contributed by atoms with van der Waals surface area (Å²) < 4.78 is 0. The lowest BCUT2D eigenvalue weighted by molar-refractivity contribution is 1.12. The van der Waals surface area contributed by atoms with Crippen molar-refractivity contribution in [1.29, 1.82) is 0 Å². The van der Waals surface area contributed by atoms with E-state index in [-0.39, 0.29) is 0 Å². The van der Waals surface area contributed by atoms with Crippen LogP contribution in [0.2, 0.25) is 0 Å². The second-order valence-corrected chi connectivity index (χ2v) is 3.58. The fourth-order valence-corrected chi connectivity index (χ4v) is 1.14. The standard InChI is InChI=1S/C12H16/c1-9(2)11-5-7-12(8-6-11)10(3)4/h5-8H,1-4H3/q-1. The van der Waals surface area contributed by atoms with Crippen LogP contribution in [-0.2, 0) is 0 Å². The zero-order valence-corrected chi connectivity index (χ0v) is 8.31. The van der Waals surface area contributed by atoms with Gasteiger partial charge in [0.05, 0.1) is 0 Å². The van der Waals surface area contributed by atoms with Gasteiger partial charge in [0.2, 0.25) is 0 Å². The number of hydrogen-bond donors (Lipinski definition) is 0. The third-order valence-electron chi connectivity index (χ3n) is 2.04. The molecule has 65 valence electrons. The zero-order chi connectivity index (χ0) is 9.14. The van der Waals surface area contributed by atoms with Gasteiger partial charge in [0.15, 0.2) is 0 Å². The largest absolute Gasteiger partial charge is 0.189 e. The average Bonchev–Trinajstić information content (AvgIpc) is 2.04. The highest BCUT2D eigenvalue weighted by Crippen LogP contribution is 2.17. The topological polar surface area (TPSA) is 0 Å². The van der Waals surface area contributed by atoms with Crippen molar-refractivity contribution in [3.8, 4) is 0 Å². The summed E-state index contributed by atoms with van der Waals surface area (Å²) in [6, 6.07) is 8.71. The summed E-state index contributed by atoms with van der Waals surface area (Å²) in [6.07, 6.45) is 0. The summed E-state index contributed by atoms with van der Waals surface area (Å²) in [4.78, 5) is 0. The molecule has 0 aromatic heterocycles. The van der Waals surface area contributed by atoms with Gasteiger partial charge in [-0.25, -0.2) is 0 Å². The Hall–Kier alpha value is -0.910. The second-order valence-electron chi connectivity index (χ2n) is 3.58.